The number of nitro benzene ring substituents is 1. The summed E-state index contributed by atoms with van der Waals surface area (Å²) in [6.45, 7) is 0. The Bertz CT molecular complexity index is 1240. The van der Waals surface area contributed by atoms with Gasteiger partial charge in [-0.25, -0.2) is 5.43 Å². The van der Waals surface area contributed by atoms with Gasteiger partial charge in [0.2, 0.25) is 0 Å². The summed E-state index contributed by atoms with van der Waals surface area (Å²) in [4.78, 5) is 37.8. The zero-order valence-corrected chi connectivity index (χ0v) is 18.6. The number of hydrogen-bond acceptors (Lipinski definition) is 6. The van der Waals surface area contributed by atoms with E-state index in [9.17, 15) is 19.7 Å². The molecule has 0 bridgehead atoms. The second kappa shape index (κ2) is 11.2. The zero-order chi connectivity index (χ0) is 24.5. The molecule has 2 amide bonds. The Kier molecular flexibility index (Phi) is 7.85. The normalized spacial score (nSPS) is 11.2. The highest BCUT2D eigenvalue weighted by Gasteiger charge is 2.14. The SMILES string of the molecule is CN(C)c1ccc(/C=C(\NC(=O)c2ccccc2)C(=O)N/N=C/c2cccc([N+](=O)[O-])c2)cc1. The van der Waals surface area contributed by atoms with E-state index in [-0.39, 0.29) is 11.4 Å². The molecule has 9 heteroatoms. The first kappa shape index (κ1) is 23.9. The molecule has 0 atom stereocenters. The first-order chi connectivity index (χ1) is 16.3. The topological polar surface area (TPSA) is 117 Å². The van der Waals surface area contributed by atoms with Crippen molar-refractivity contribution in [1.82, 2.24) is 10.7 Å². The number of hydrogen-bond donors (Lipinski definition) is 2. The number of amides is 2. The van der Waals surface area contributed by atoms with Crippen LogP contribution < -0.4 is 15.6 Å². The number of carbonyl (C=O) groups is 2. The van der Waals surface area contributed by atoms with Gasteiger partial charge in [-0.1, -0.05) is 42.5 Å². The van der Waals surface area contributed by atoms with Crippen molar-refractivity contribution in [2.45, 2.75) is 0 Å². The van der Waals surface area contributed by atoms with Crippen molar-refractivity contribution in [1.29, 1.82) is 0 Å². The van der Waals surface area contributed by atoms with Crippen molar-refractivity contribution in [2.24, 2.45) is 5.10 Å². The first-order valence-corrected chi connectivity index (χ1v) is 10.3. The molecule has 3 aromatic rings. The van der Waals surface area contributed by atoms with Crippen LogP contribution in [0.4, 0.5) is 11.4 Å². The lowest BCUT2D eigenvalue weighted by atomic mass is 10.1. The fourth-order valence-electron chi connectivity index (χ4n) is 2.92. The van der Waals surface area contributed by atoms with E-state index in [1.807, 2.05) is 43.3 Å². The number of non-ortho nitro benzene ring substituents is 1. The Morgan fingerprint density at radius 1 is 0.941 bits per heavy atom. The maximum atomic E-state index is 12.8. The summed E-state index contributed by atoms with van der Waals surface area (Å²) in [6, 6.07) is 21.8. The van der Waals surface area contributed by atoms with Crippen molar-refractivity contribution < 1.29 is 14.5 Å². The number of nitrogens with one attached hydrogen (secondary N) is 2. The number of carbonyl (C=O) groups excluding carboxylic acids is 2. The molecule has 9 nitrogen and oxygen atoms in total. The highest BCUT2D eigenvalue weighted by molar-refractivity contribution is 6.05. The van der Waals surface area contributed by atoms with Crippen LogP contribution in [0.15, 0.2) is 89.7 Å². The van der Waals surface area contributed by atoms with Crippen LogP contribution in [0.1, 0.15) is 21.5 Å². The minimum Gasteiger partial charge on any atom is -0.378 e. The van der Waals surface area contributed by atoms with Crippen LogP contribution in [0, 0.1) is 10.1 Å². The zero-order valence-electron chi connectivity index (χ0n) is 18.6. The van der Waals surface area contributed by atoms with Gasteiger partial charge in [0.05, 0.1) is 11.1 Å². The van der Waals surface area contributed by atoms with E-state index in [2.05, 4.69) is 15.8 Å². The number of nitrogens with zero attached hydrogens (tertiary/aromatic N) is 3. The van der Waals surface area contributed by atoms with Gasteiger partial charge >= 0.3 is 0 Å². The summed E-state index contributed by atoms with van der Waals surface area (Å²) in [7, 11) is 3.84. The van der Waals surface area contributed by atoms with Gasteiger partial charge in [0.25, 0.3) is 17.5 Å². The monoisotopic (exact) mass is 457 g/mol. The predicted molar refractivity (Wildman–Crippen MR) is 131 cm³/mol. The van der Waals surface area contributed by atoms with E-state index in [0.29, 0.717) is 16.7 Å². The van der Waals surface area contributed by atoms with Crippen molar-refractivity contribution in [3.8, 4) is 0 Å². The Hall–Kier alpha value is -4.79. The molecule has 3 rings (SSSR count). The second-order valence-electron chi connectivity index (χ2n) is 7.42. The summed E-state index contributed by atoms with van der Waals surface area (Å²) >= 11 is 0. The first-order valence-electron chi connectivity index (χ1n) is 10.3. The molecule has 0 aliphatic carbocycles. The number of anilines is 1. The maximum absolute atomic E-state index is 12.8. The second-order valence-corrected chi connectivity index (χ2v) is 7.42. The van der Waals surface area contributed by atoms with Gasteiger partial charge in [0.1, 0.15) is 5.70 Å². The lowest BCUT2D eigenvalue weighted by Crippen LogP contribution is -2.32. The molecule has 0 radical (unpaired) electrons. The molecule has 0 fully saturated rings. The Morgan fingerprint density at radius 2 is 1.65 bits per heavy atom. The van der Waals surface area contributed by atoms with Crippen molar-refractivity contribution in [2.75, 3.05) is 19.0 Å². The molecule has 0 aliphatic rings. The van der Waals surface area contributed by atoms with Gasteiger partial charge in [0, 0.05) is 43.0 Å². The van der Waals surface area contributed by atoms with Crippen molar-refractivity contribution in [3.05, 3.63) is 111 Å². The largest absolute Gasteiger partial charge is 0.378 e. The highest BCUT2D eigenvalue weighted by atomic mass is 16.6. The molecule has 0 aromatic heterocycles. The highest BCUT2D eigenvalue weighted by Crippen LogP contribution is 2.15. The molecule has 2 N–H and O–H groups in total. The fourth-order valence-corrected chi connectivity index (χ4v) is 2.92. The lowest BCUT2D eigenvalue weighted by Gasteiger charge is -2.12. The van der Waals surface area contributed by atoms with Gasteiger partial charge in [0.15, 0.2) is 0 Å². The lowest BCUT2D eigenvalue weighted by molar-refractivity contribution is -0.384. The number of rotatable bonds is 8. The number of benzene rings is 3. The Labute approximate surface area is 196 Å². The van der Waals surface area contributed by atoms with Crippen molar-refractivity contribution >= 4 is 35.5 Å². The molecule has 0 saturated carbocycles. The van der Waals surface area contributed by atoms with Crippen LogP contribution in [-0.2, 0) is 4.79 Å². The van der Waals surface area contributed by atoms with Crippen LogP contribution in [0.3, 0.4) is 0 Å². The molecule has 0 spiro atoms. The standard InChI is InChI=1S/C25H23N5O4/c1-29(2)21-13-11-18(12-14-21)16-23(27-24(31)20-8-4-3-5-9-20)25(32)28-26-17-19-7-6-10-22(15-19)30(33)34/h3-17H,1-2H3,(H,27,31)(H,28,32)/b23-16-,26-17+. The van der Waals surface area contributed by atoms with E-state index >= 15 is 0 Å². The Morgan fingerprint density at radius 3 is 2.29 bits per heavy atom. The Balaban J connectivity index is 1.81. The van der Waals surface area contributed by atoms with E-state index in [1.165, 1.54) is 24.4 Å². The van der Waals surface area contributed by atoms with Gasteiger partial charge in [-0.3, -0.25) is 19.7 Å². The van der Waals surface area contributed by atoms with Gasteiger partial charge in [-0.2, -0.15) is 5.10 Å². The molecule has 172 valence electrons. The molecular formula is C25H23N5O4. The van der Waals surface area contributed by atoms with E-state index in [0.717, 1.165) is 5.69 Å². The van der Waals surface area contributed by atoms with Crippen LogP contribution in [-0.4, -0.2) is 37.0 Å². The fraction of sp³-hybridized carbons (Fsp3) is 0.0800. The summed E-state index contributed by atoms with van der Waals surface area (Å²) in [5, 5.41) is 17.4. The van der Waals surface area contributed by atoms with Gasteiger partial charge in [-0.15, -0.1) is 0 Å². The molecular weight excluding hydrogens is 434 g/mol. The minimum atomic E-state index is -0.650. The predicted octanol–water partition coefficient (Wildman–Crippen LogP) is 3.58. The molecule has 34 heavy (non-hydrogen) atoms. The average molecular weight is 457 g/mol. The number of hydrazone groups is 1. The molecule has 0 aliphatic heterocycles. The molecule has 0 unspecified atom stereocenters. The molecule has 0 saturated heterocycles. The summed E-state index contributed by atoms with van der Waals surface area (Å²) < 4.78 is 0. The third-order valence-corrected chi connectivity index (χ3v) is 4.71. The minimum absolute atomic E-state index is 0.0114. The number of nitro groups is 1. The van der Waals surface area contributed by atoms with Gasteiger partial charge < -0.3 is 10.2 Å². The van der Waals surface area contributed by atoms with E-state index in [4.69, 9.17) is 0 Å². The third-order valence-electron chi connectivity index (χ3n) is 4.71. The molecule has 3 aromatic carbocycles. The van der Waals surface area contributed by atoms with E-state index < -0.39 is 16.7 Å². The summed E-state index contributed by atoms with van der Waals surface area (Å²) in [5.41, 5.74) is 4.77. The quantitative estimate of drug-likeness (QED) is 0.232. The van der Waals surface area contributed by atoms with Crippen LogP contribution in [0.2, 0.25) is 0 Å². The average Bonchev–Trinajstić information content (AvgIpc) is 2.84. The van der Waals surface area contributed by atoms with Crippen LogP contribution in [0.5, 0.6) is 0 Å². The maximum Gasteiger partial charge on any atom is 0.287 e. The van der Waals surface area contributed by atoms with Crippen LogP contribution in [0.25, 0.3) is 6.08 Å². The summed E-state index contributed by atoms with van der Waals surface area (Å²) in [6.07, 6.45) is 2.83. The van der Waals surface area contributed by atoms with Crippen LogP contribution >= 0.6 is 0 Å². The summed E-state index contributed by atoms with van der Waals surface area (Å²) in [5.74, 6) is -1.10. The van der Waals surface area contributed by atoms with E-state index in [1.54, 1.807) is 42.5 Å². The smallest absolute Gasteiger partial charge is 0.287 e. The van der Waals surface area contributed by atoms with Crippen molar-refractivity contribution in [3.63, 3.8) is 0 Å². The third kappa shape index (κ3) is 6.60. The van der Waals surface area contributed by atoms with Gasteiger partial charge in [-0.05, 0) is 35.9 Å². The molecule has 0 heterocycles.